The number of H-pyrrole nitrogens is 2. The van der Waals surface area contributed by atoms with E-state index in [4.69, 9.17) is 5.14 Å². The fourth-order valence-electron chi connectivity index (χ4n) is 2.21. The van der Waals surface area contributed by atoms with E-state index in [-0.39, 0.29) is 4.90 Å². The first-order valence-electron chi connectivity index (χ1n) is 5.69. The minimum absolute atomic E-state index is 0.0605. The van der Waals surface area contributed by atoms with Gasteiger partial charge in [-0.1, -0.05) is 22.0 Å². The number of nitrogens with two attached hydrogens (primary N) is 1. The maximum atomic E-state index is 11.6. The van der Waals surface area contributed by atoms with Crippen molar-refractivity contribution in [3.63, 3.8) is 0 Å². The molecule has 0 amide bonds. The molecule has 0 fully saturated rings. The molecule has 2 aromatic carbocycles. The highest BCUT2D eigenvalue weighted by Gasteiger charge is 2.16. The number of aromatic amines is 2. The highest BCUT2D eigenvalue weighted by atomic mass is 79.9. The number of primary sulfonamides is 1. The van der Waals surface area contributed by atoms with Gasteiger partial charge in [-0.25, -0.2) is 13.6 Å². The number of nitrogens with one attached hydrogen (secondary N) is 2. The van der Waals surface area contributed by atoms with E-state index in [0.29, 0.717) is 26.3 Å². The summed E-state index contributed by atoms with van der Waals surface area (Å²) < 4.78 is 23.9. The summed E-state index contributed by atoms with van der Waals surface area (Å²) in [5.74, 6) is 0. The molecule has 0 radical (unpaired) electrons. The Labute approximate surface area is 126 Å². The van der Waals surface area contributed by atoms with E-state index >= 15 is 0 Å². The molecule has 7 nitrogen and oxygen atoms in total. The summed E-state index contributed by atoms with van der Waals surface area (Å²) in [6, 6.07) is 5.93. The lowest BCUT2D eigenvalue weighted by Gasteiger charge is -2.09. The molecular formula is C12H8BrN3O4S. The van der Waals surface area contributed by atoms with Gasteiger partial charge in [0.2, 0.25) is 10.0 Å². The SMILES string of the molecule is NS(=O)(=O)c1ccc(Br)c2c1ccc1[nH]c(=O)c(=O)[nH]c12. The number of benzene rings is 2. The smallest absolute Gasteiger partial charge is 0.314 e. The number of hydrogen-bond donors (Lipinski definition) is 3. The Morgan fingerprint density at radius 1 is 1.00 bits per heavy atom. The standard InChI is InChI=1S/C12H8BrN3O4S/c13-6-2-4-8(21(14,19)20)5-1-3-7-10(9(5)6)16-12(18)11(17)15-7/h1-4H,(H,15,17)(H,16,18)(H2,14,19,20). The van der Waals surface area contributed by atoms with Gasteiger partial charge in [0.15, 0.2) is 0 Å². The van der Waals surface area contributed by atoms with Crippen molar-refractivity contribution >= 4 is 47.8 Å². The molecule has 4 N–H and O–H groups in total. The van der Waals surface area contributed by atoms with Crippen molar-refractivity contribution in [2.75, 3.05) is 0 Å². The Morgan fingerprint density at radius 2 is 1.67 bits per heavy atom. The first-order chi connectivity index (χ1) is 9.79. The van der Waals surface area contributed by atoms with E-state index in [2.05, 4.69) is 25.9 Å². The van der Waals surface area contributed by atoms with E-state index in [1.807, 2.05) is 0 Å². The molecule has 0 spiro atoms. The van der Waals surface area contributed by atoms with E-state index in [1.165, 1.54) is 24.3 Å². The molecule has 21 heavy (non-hydrogen) atoms. The van der Waals surface area contributed by atoms with Crippen molar-refractivity contribution in [2.24, 2.45) is 5.14 Å². The Morgan fingerprint density at radius 3 is 2.33 bits per heavy atom. The summed E-state index contributed by atoms with van der Waals surface area (Å²) in [5, 5.41) is 6.00. The van der Waals surface area contributed by atoms with Crippen molar-refractivity contribution in [1.82, 2.24) is 9.97 Å². The zero-order valence-corrected chi connectivity index (χ0v) is 12.7. The number of rotatable bonds is 1. The van der Waals surface area contributed by atoms with E-state index in [9.17, 15) is 18.0 Å². The maximum absolute atomic E-state index is 11.6. The minimum atomic E-state index is -3.92. The molecule has 0 atom stereocenters. The average Bonchev–Trinajstić information content (AvgIpc) is 2.38. The van der Waals surface area contributed by atoms with Crippen LogP contribution >= 0.6 is 15.9 Å². The van der Waals surface area contributed by atoms with Crippen LogP contribution in [0.3, 0.4) is 0 Å². The quantitative estimate of drug-likeness (QED) is 0.432. The van der Waals surface area contributed by atoms with Crippen molar-refractivity contribution in [2.45, 2.75) is 4.90 Å². The van der Waals surface area contributed by atoms with Crippen molar-refractivity contribution in [3.8, 4) is 0 Å². The predicted molar refractivity (Wildman–Crippen MR) is 81.8 cm³/mol. The van der Waals surface area contributed by atoms with Crippen molar-refractivity contribution in [3.05, 3.63) is 49.4 Å². The van der Waals surface area contributed by atoms with Crippen LogP contribution in [0.4, 0.5) is 0 Å². The van der Waals surface area contributed by atoms with Crippen LogP contribution in [0.1, 0.15) is 0 Å². The van der Waals surface area contributed by atoms with Crippen LogP contribution in [0.25, 0.3) is 21.8 Å². The maximum Gasteiger partial charge on any atom is 0.314 e. The summed E-state index contributed by atoms with van der Waals surface area (Å²) in [4.78, 5) is 27.7. The Hall–Kier alpha value is -1.97. The first kappa shape index (κ1) is 14.0. The second-order valence-electron chi connectivity index (χ2n) is 4.41. The lowest BCUT2D eigenvalue weighted by molar-refractivity contribution is 0.598. The molecule has 0 saturated heterocycles. The third-order valence-corrected chi connectivity index (χ3v) is 4.72. The molecule has 1 heterocycles. The van der Waals surface area contributed by atoms with Crippen LogP contribution in [0.15, 0.2) is 43.2 Å². The highest BCUT2D eigenvalue weighted by molar-refractivity contribution is 9.10. The van der Waals surface area contributed by atoms with Gasteiger partial charge in [-0.3, -0.25) is 9.59 Å². The normalized spacial score (nSPS) is 12.1. The molecular weight excluding hydrogens is 362 g/mol. The van der Waals surface area contributed by atoms with Crippen molar-refractivity contribution < 1.29 is 8.42 Å². The van der Waals surface area contributed by atoms with E-state index in [0.717, 1.165) is 0 Å². The number of aromatic nitrogens is 2. The lowest BCUT2D eigenvalue weighted by Crippen LogP contribution is -2.29. The Balaban J connectivity index is 2.66. The molecule has 9 heteroatoms. The first-order valence-corrected chi connectivity index (χ1v) is 8.03. The molecule has 108 valence electrons. The van der Waals surface area contributed by atoms with Gasteiger partial charge in [-0.15, -0.1) is 0 Å². The molecule has 0 saturated carbocycles. The van der Waals surface area contributed by atoms with Gasteiger partial charge in [0, 0.05) is 15.2 Å². The molecule has 0 bridgehead atoms. The summed E-state index contributed by atoms with van der Waals surface area (Å²) >= 11 is 3.31. The number of hydrogen-bond acceptors (Lipinski definition) is 4. The topological polar surface area (TPSA) is 126 Å². The monoisotopic (exact) mass is 369 g/mol. The van der Waals surface area contributed by atoms with Gasteiger partial charge in [-0.05, 0) is 18.2 Å². The average molecular weight is 370 g/mol. The van der Waals surface area contributed by atoms with Crippen LogP contribution in [-0.2, 0) is 10.0 Å². The molecule has 0 aliphatic heterocycles. The molecule has 0 unspecified atom stereocenters. The molecule has 1 aromatic heterocycles. The van der Waals surface area contributed by atoms with Crippen molar-refractivity contribution in [1.29, 1.82) is 0 Å². The van der Waals surface area contributed by atoms with Crippen LogP contribution < -0.4 is 16.3 Å². The van der Waals surface area contributed by atoms with Gasteiger partial charge >= 0.3 is 11.1 Å². The summed E-state index contributed by atoms with van der Waals surface area (Å²) in [6.45, 7) is 0. The molecule has 3 rings (SSSR count). The third-order valence-electron chi connectivity index (χ3n) is 3.09. The number of halogens is 1. The predicted octanol–water partition coefficient (Wildman–Crippen LogP) is 0.779. The Kier molecular flexibility index (Phi) is 3.01. The van der Waals surface area contributed by atoms with Gasteiger partial charge in [-0.2, -0.15) is 0 Å². The zero-order valence-electron chi connectivity index (χ0n) is 10.3. The summed E-state index contributed by atoms with van der Waals surface area (Å²) in [7, 11) is -3.92. The van der Waals surface area contributed by atoms with Gasteiger partial charge < -0.3 is 9.97 Å². The molecule has 3 aromatic rings. The number of fused-ring (bicyclic) bond motifs is 3. The second kappa shape index (κ2) is 4.52. The third kappa shape index (κ3) is 2.19. The minimum Gasteiger partial charge on any atom is -0.316 e. The largest absolute Gasteiger partial charge is 0.316 e. The second-order valence-corrected chi connectivity index (χ2v) is 6.79. The van der Waals surface area contributed by atoms with Gasteiger partial charge in [0.25, 0.3) is 0 Å². The summed E-state index contributed by atoms with van der Waals surface area (Å²) in [5.41, 5.74) is -0.877. The zero-order chi connectivity index (χ0) is 15.4. The van der Waals surface area contributed by atoms with Crippen LogP contribution in [0.2, 0.25) is 0 Å². The number of sulfonamides is 1. The van der Waals surface area contributed by atoms with Gasteiger partial charge in [0.05, 0.1) is 15.9 Å². The van der Waals surface area contributed by atoms with Crippen LogP contribution in [0.5, 0.6) is 0 Å². The lowest BCUT2D eigenvalue weighted by atomic mass is 10.1. The molecule has 0 aliphatic rings. The Bertz CT molecular complexity index is 1110. The van der Waals surface area contributed by atoms with E-state index < -0.39 is 21.1 Å². The fraction of sp³-hybridized carbons (Fsp3) is 0. The fourth-order valence-corrected chi connectivity index (χ4v) is 3.49. The van der Waals surface area contributed by atoms with E-state index in [1.54, 1.807) is 0 Å². The molecule has 0 aliphatic carbocycles. The summed E-state index contributed by atoms with van der Waals surface area (Å²) in [6.07, 6.45) is 0. The highest BCUT2D eigenvalue weighted by Crippen LogP contribution is 2.32. The van der Waals surface area contributed by atoms with Gasteiger partial charge in [0.1, 0.15) is 0 Å². The van der Waals surface area contributed by atoms with Crippen LogP contribution in [0, 0.1) is 0 Å². The van der Waals surface area contributed by atoms with Crippen LogP contribution in [-0.4, -0.2) is 18.4 Å².